The lowest BCUT2D eigenvalue weighted by atomic mass is 9.87. The summed E-state index contributed by atoms with van der Waals surface area (Å²) in [7, 11) is 0. The van der Waals surface area contributed by atoms with Crippen molar-refractivity contribution in [1.29, 1.82) is 0 Å². The minimum absolute atomic E-state index is 0.109. The van der Waals surface area contributed by atoms with Crippen LogP contribution in [0.25, 0.3) is 10.9 Å². The Balaban J connectivity index is 1.26. The number of hydrogen-bond donors (Lipinski definition) is 1. The molecule has 0 radical (unpaired) electrons. The Bertz CT molecular complexity index is 1460. The van der Waals surface area contributed by atoms with E-state index in [1.807, 2.05) is 57.7 Å². The maximum Gasteiger partial charge on any atom is 0.410 e. The molecule has 2 aliphatic heterocycles. The summed E-state index contributed by atoms with van der Waals surface area (Å²) < 4.78 is 13.4. The molecule has 3 aromatic rings. The minimum Gasteiger partial charge on any atom is -0.508 e. The largest absolute Gasteiger partial charge is 0.508 e. The lowest BCUT2D eigenvalue weighted by Gasteiger charge is -2.33. The summed E-state index contributed by atoms with van der Waals surface area (Å²) in [5.41, 5.74) is 2.91. The zero-order chi connectivity index (χ0) is 28.8. The molecule has 5 rings (SSSR count). The van der Waals surface area contributed by atoms with Gasteiger partial charge in [0.2, 0.25) is 0 Å². The van der Waals surface area contributed by atoms with Crippen molar-refractivity contribution < 1.29 is 24.2 Å². The van der Waals surface area contributed by atoms with E-state index in [9.17, 15) is 14.7 Å². The number of phenols is 1. The third kappa shape index (κ3) is 5.73. The van der Waals surface area contributed by atoms with E-state index in [2.05, 4.69) is 22.9 Å². The van der Waals surface area contributed by atoms with Gasteiger partial charge in [0.05, 0.1) is 0 Å². The van der Waals surface area contributed by atoms with E-state index in [0.29, 0.717) is 22.1 Å². The molecule has 1 unspecified atom stereocenters. The summed E-state index contributed by atoms with van der Waals surface area (Å²) in [6, 6.07) is 11.5. The van der Waals surface area contributed by atoms with Crippen molar-refractivity contribution in [3.05, 3.63) is 59.3 Å². The molecule has 2 aliphatic rings. The summed E-state index contributed by atoms with van der Waals surface area (Å²) in [4.78, 5) is 27.7. The number of fused-ring (bicyclic) bond motifs is 2. The number of hydrogen-bond acceptors (Lipinski definition) is 6. The van der Waals surface area contributed by atoms with Crippen molar-refractivity contribution in [3.63, 3.8) is 0 Å². The number of carbonyl (C=O) groups is 2. The highest BCUT2D eigenvalue weighted by atomic mass is 32.1. The average molecular weight is 563 g/mol. The molecule has 1 N–H and O–H groups in total. The number of benzene rings is 2. The van der Waals surface area contributed by atoms with Crippen molar-refractivity contribution in [3.8, 4) is 11.5 Å². The highest BCUT2D eigenvalue weighted by Gasteiger charge is 2.36. The molecule has 0 spiro atoms. The zero-order valence-electron chi connectivity index (χ0n) is 23.9. The Morgan fingerprint density at radius 3 is 2.55 bits per heavy atom. The normalized spacial score (nSPS) is 18.2. The fourth-order valence-corrected chi connectivity index (χ4v) is 6.08. The third-order valence-electron chi connectivity index (χ3n) is 7.90. The number of likely N-dealkylation sites (tertiary alicyclic amines) is 1. The average Bonchev–Trinajstić information content (AvgIpc) is 3.28. The van der Waals surface area contributed by atoms with Crippen molar-refractivity contribution in [2.24, 2.45) is 5.92 Å². The van der Waals surface area contributed by atoms with Crippen LogP contribution in [0.5, 0.6) is 11.5 Å². The Hall–Kier alpha value is -3.39. The standard InChI is InChI=1S/C32H38N2O5S/c1-19(2)23-17-24-27(18-26(23)35)38-30(36)28(29(24)40)22-6-7-25-21(16-22)11-15-33(25)12-8-20-9-13-34(14-10-20)31(37)39-32(3,4)5/h6-7,11,15-20,28,35H,8-10,12-14H2,1-5H3. The molecular weight excluding hydrogens is 524 g/mol. The van der Waals surface area contributed by atoms with E-state index in [4.69, 9.17) is 21.7 Å². The number of aromatic hydroxyl groups is 1. The van der Waals surface area contributed by atoms with Gasteiger partial charge in [0.15, 0.2) is 0 Å². The molecule has 7 nitrogen and oxygen atoms in total. The molecule has 0 saturated carbocycles. The second kappa shape index (κ2) is 10.9. The molecule has 212 valence electrons. The van der Waals surface area contributed by atoms with Gasteiger partial charge < -0.3 is 24.0 Å². The number of carbonyl (C=O) groups excluding carboxylic acids is 2. The lowest BCUT2D eigenvalue weighted by molar-refractivity contribution is -0.134. The molecule has 1 amide bonds. The van der Waals surface area contributed by atoms with Gasteiger partial charge in [0.1, 0.15) is 23.0 Å². The predicted molar refractivity (Wildman–Crippen MR) is 159 cm³/mol. The highest BCUT2D eigenvalue weighted by Crippen LogP contribution is 2.40. The van der Waals surface area contributed by atoms with Crippen LogP contribution in [0.3, 0.4) is 0 Å². The van der Waals surface area contributed by atoms with Gasteiger partial charge in [0, 0.05) is 47.8 Å². The highest BCUT2D eigenvalue weighted by molar-refractivity contribution is 7.81. The zero-order valence-corrected chi connectivity index (χ0v) is 24.7. The SMILES string of the molecule is CC(C)c1cc2c(cc1O)OC(=O)C(c1ccc3c(ccn3CCC3CCN(C(=O)OC(C)(C)C)CC3)c1)C2=S. The first-order chi connectivity index (χ1) is 18.9. The summed E-state index contributed by atoms with van der Waals surface area (Å²) in [6.45, 7) is 12.0. The Morgan fingerprint density at radius 2 is 1.88 bits per heavy atom. The third-order valence-corrected chi connectivity index (χ3v) is 8.35. The number of phenolic OH excluding ortho intramolecular Hbond substituents is 1. The molecule has 2 aromatic carbocycles. The van der Waals surface area contributed by atoms with Crippen LogP contribution < -0.4 is 4.74 Å². The first-order valence-corrected chi connectivity index (χ1v) is 14.5. The fourth-order valence-electron chi connectivity index (χ4n) is 5.69. The van der Waals surface area contributed by atoms with Crippen LogP contribution in [-0.4, -0.2) is 50.2 Å². The monoisotopic (exact) mass is 562 g/mol. The van der Waals surface area contributed by atoms with E-state index in [-0.39, 0.29) is 17.8 Å². The smallest absolute Gasteiger partial charge is 0.410 e. The van der Waals surface area contributed by atoms with Gasteiger partial charge in [-0.2, -0.15) is 0 Å². The van der Waals surface area contributed by atoms with Crippen LogP contribution in [0, 0.1) is 5.92 Å². The Kier molecular flexibility index (Phi) is 7.66. The van der Waals surface area contributed by atoms with Gasteiger partial charge >= 0.3 is 12.1 Å². The van der Waals surface area contributed by atoms with Gasteiger partial charge in [0.25, 0.3) is 0 Å². The van der Waals surface area contributed by atoms with Crippen LogP contribution in [0.1, 0.15) is 82.4 Å². The van der Waals surface area contributed by atoms with E-state index >= 15 is 0 Å². The van der Waals surface area contributed by atoms with Crippen molar-refractivity contribution in [2.75, 3.05) is 13.1 Å². The summed E-state index contributed by atoms with van der Waals surface area (Å²) in [5.74, 6) is -0.00466. The molecule has 3 heterocycles. The predicted octanol–water partition coefficient (Wildman–Crippen LogP) is 6.93. The van der Waals surface area contributed by atoms with Gasteiger partial charge in [-0.25, -0.2) is 4.79 Å². The molecule has 1 saturated heterocycles. The number of aryl methyl sites for hydroxylation is 1. The first kappa shape index (κ1) is 28.1. The van der Waals surface area contributed by atoms with E-state index in [1.165, 1.54) is 6.07 Å². The van der Waals surface area contributed by atoms with Gasteiger partial charge in [-0.3, -0.25) is 4.79 Å². The maximum atomic E-state index is 13.0. The number of rotatable bonds is 5. The fraction of sp³-hybridized carbons (Fsp3) is 0.469. The number of amides is 1. The van der Waals surface area contributed by atoms with Gasteiger partial charge in [-0.1, -0.05) is 32.1 Å². The second-order valence-corrected chi connectivity index (χ2v) is 12.7. The van der Waals surface area contributed by atoms with E-state index in [0.717, 1.165) is 60.9 Å². The number of nitrogens with zero attached hydrogens (tertiary/aromatic N) is 2. The molecule has 0 aliphatic carbocycles. The first-order valence-electron chi connectivity index (χ1n) is 14.1. The van der Waals surface area contributed by atoms with E-state index in [1.54, 1.807) is 0 Å². The molecule has 0 bridgehead atoms. The van der Waals surface area contributed by atoms with E-state index < -0.39 is 17.5 Å². The number of thiocarbonyl (C=S) groups is 1. The lowest BCUT2D eigenvalue weighted by Crippen LogP contribution is -2.41. The van der Waals surface area contributed by atoms with Gasteiger partial charge in [-0.05, 0) is 92.6 Å². The molecular formula is C32H38N2O5S. The van der Waals surface area contributed by atoms with Gasteiger partial charge in [-0.15, -0.1) is 0 Å². The molecule has 40 heavy (non-hydrogen) atoms. The van der Waals surface area contributed by atoms with Crippen LogP contribution in [0.2, 0.25) is 0 Å². The number of esters is 1. The van der Waals surface area contributed by atoms with Crippen molar-refractivity contribution in [1.82, 2.24) is 9.47 Å². The van der Waals surface area contributed by atoms with Crippen LogP contribution >= 0.6 is 12.2 Å². The maximum absolute atomic E-state index is 13.0. The Morgan fingerprint density at radius 1 is 1.15 bits per heavy atom. The summed E-state index contributed by atoms with van der Waals surface area (Å²) >= 11 is 5.80. The van der Waals surface area contributed by atoms with Crippen molar-refractivity contribution in [2.45, 2.75) is 77.9 Å². The summed E-state index contributed by atoms with van der Waals surface area (Å²) in [6.07, 6.45) is 4.86. The number of aromatic nitrogens is 1. The second-order valence-electron chi connectivity index (χ2n) is 12.3. The summed E-state index contributed by atoms with van der Waals surface area (Å²) in [5, 5.41) is 11.4. The topological polar surface area (TPSA) is 81.0 Å². The van der Waals surface area contributed by atoms with Crippen LogP contribution in [0.15, 0.2) is 42.6 Å². The van der Waals surface area contributed by atoms with Crippen LogP contribution in [0.4, 0.5) is 4.79 Å². The van der Waals surface area contributed by atoms with Crippen molar-refractivity contribution >= 4 is 40.0 Å². The quantitative estimate of drug-likeness (QED) is 0.206. The minimum atomic E-state index is -0.671. The van der Waals surface area contributed by atoms with Crippen LogP contribution in [-0.2, 0) is 16.1 Å². The number of piperidine rings is 1. The number of ether oxygens (including phenoxy) is 2. The molecule has 1 fully saturated rings. The molecule has 1 atom stereocenters. The molecule has 8 heteroatoms. The Labute approximate surface area is 241 Å². The molecule has 1 aromatic heterocycles.